The van der Waals surface area contributed by atoms with Gasteiger partial charge in [-0.2, -0.15) is 0 Å². The molecule has 96 valence electrons. The van der Waals surface area contributed by atoms with Crippen molar-refractivity contribution < 1.29 is 12.8 Å². The van der Waals surface area contributed by atoms with E-state index in [9.17, 15) is 12.8 Å². The van der Waals surface area contributed by atoms with Crippen LogP contribution in [-0.4, -0.2) is 20.7 Å². The van der Waals surface area contributed by atoms with Crippen LogP contribution in [0.3, 0.4) is 0 Å². The molecule has 0 heterocycles. The molecule has 0 amide bonds. The molecule has 1 rings (SSSR count). The standard InChI is InChI=1S/C12H18FNO2S/c1-9(2)12(14-17(3,15)16)8-10-4-6-11(13)7-5-10/h4-7,9,12,14H,8H2,1-3H3/t12-/m0/s1. The summed E-state index contributed by atoms with van der Waals surface area (Å²) in [6, 6.07) is 5.94. The van der Waals surface area contributed by atoms with Crippen LogP contribution >= 0.6 is 0 Å². The molecule has 0 bridgehead atoms. The van der Waals surface area contributed by atoms with Gasteiger partial charge in [0.2, 0.25) is 10.0 Å². The highest BCUT2D eigenvalue weighted by Gasteiger charge is 2.17. The summed E-state index contributed by atoms with van der Waals surface area (Å²) in [6.45, 7) is 3.90. The molecule has 3 nitrogen and oxygen atoms in total. The average Bonchev–Trinajstić information content (AvgIpc) is 2.18. The van der Waals surface area contributed by atoms with Crippen molar-refractivity contribution >= 4 is 10.0 Å². The summed E-state index contributed by atoms with van der Waals surface area (Å²) in [6.07, 6.45) is 1.71. The minimum absolute atomic E-state index is 0.171. The molecule has 0 radical (unpaired) electrons. The molecule has 1 N–H and O–H groups in total. The van der Waals surface area contributed by atoms with Gasteiger partial charge in [0, 0.05) is 6.04 Å². The van der Waals surface area contributed by atoms with Gasteiger partial charge in [-0.15, -0.1) is 0 Å². The van der Waals surface area contributed by atoms with Gasteiger partial charge in [-0.05, 0) is 30.0 Å². The van der Waals surface area contributed by atoms with E-state index in [1.54, 1.807) is 12.1 Å². The van der Waals surface area contributed by atoms with E-state index in [2.05, 4.69) is 4.72 Å². The zero-order valence-electron chi connectivity index (χ0n) is 10.3. The molecular weight excluding hydrogens is 241 g/mol. The van der Waals surface area contributed by atoms with Crippen LogP contribution in [0.2, 0.25) is 0 Å². The lowest BCUT2D eigenvalue weighted by Crippen LogP contribution is -2.39. The Balaban J connectivity index is 2.77. The first-order chi connectivity index (χ1) is 7.78. The molecule has 0 unspecified atom stereocenters. The van der Waals surface area contributed by atoms with Crippen LogP contribution in [0.15, 0.2) is 24.3 Å². The zero-order chi connectivity index (χ0) is 13.1. The van der Waals surface area contributed by atoms with Crippen LogP contribution in [0.1, 0.15) is 19.4 Å². The quantitative estimate of drug-likeness (QED) is 0.878. The molecule has 0 aromatic heterocycles. The van der Waals surface area contributed by atoms with Gasteiger partial charge in [0.25, 0.3) is 0 Å². The second-order valence-corrected chi connectivity index (χ2v) is 6.35. The molecule has 17 heavy (non-hydrogen) atoms. The number of hydrogen-bond acceptors (Lipinski definition) is 2. The third-order valence-electron chi connectivity index (χ3n) is 2.54. The van der Waals surface area contributed by atoms with Crippen molar-refractivity contribution in [3.05, 3.63) is 35.6 Å². The number of halogens is 1. The van der Waals surface area contributed by atoms with Crippen molar-refractivity contribution in [2.24, 2.45) is 5.92 Å². The highest BCUT2D eigenvalue weighted by Crippen LogP contribution is 2.12. The number of hydrogen-bond donors (Lipinski definition) is 1. The summed E-state index contributed by atoms with van der Waals surface area (Å²) >= 11 is 0. The van der Waals surface area contributed by atoms with Crippen molar-refractivity contribution in [1.82, 2.24) is 4.72 Å². The Bertz CT molecular complexity index is 454. The molecule has 1 aromatic rings. The predicted octanol–water partition coefficient (Wildman–Crippen LogP) is 1.94. The predicted molar refractivity (Wildman–Crippen MR) is 66.7 cm³/mol. The van der Waals surface area contributed by atoms with E-state index < -0.39 is 10.0 Å². The largest absolute Gasteiger partial charge is 0.213 e. The van der Waals surface area contributed by atoms with Gasteiger partial charge in [-0.3, -0.25) is 0 Å². The molecule has 0 aliphatic carbocycles. The highest BCUT2D eigenvalue weighted by atomic mass is 32.2. The molecule has 5 heteroatoms. The van der Waals surface area contributed by atoms with Crippen molar-refractivity contribution in [3.8, 4) is 0 Å². The number of nitrogens with one attached hydrogen (secondary N) is 1. The molecule has 1 atom stereocenters. The molecular formula is C12H18FNO2S. The van der Waals surface area contributed by atoms with E-state index in [0.29, 0.717) is 6.42 Å². The average molecular weight is 259 g/mol. The molecule has 0 aliphatic rings. The summed E-state index contributed by atoms with van der Waals surface area (Å²) in [4.78, 5) is 0. The maximum atomic E-state index is 12.7. The van der Waals surface area contributed by atoms with E-state index >= 15 is 0 Å². The summed E-state index contributed by atoms with van der Waals surface area (Å²) < 4.78 is 37.8. The number of sulfonamides is 1. The minimum Gasteiger partial charge on any atom is -0.213 e. The zero-order valence-corrected chi connectivity index (χ0v) is 11.1. The minimum atomic E-state index is -3.22. The summed E-state index contributed by atoms with van der Waals surface area (Å²) in [5.41, 5.74) is 0.918. The second kappa shape index (κ2) is 5.60. The van der Waals surface area contributed by atoms with Crippen LogP contribution in [-0.2, 0) is 16.4 Å². The normalized spacial score (nSPS) is 13.9. The first-order valence-corrected chi connectivity index (χ1v) is 7.39. The summed E-state index contributed by atoms with van der Waals surface area (Å²) in [5.74, 6) is -0.110. The lowest BCUT2D eigenvalue weighted by molar-refractivity contribution is 0.447. The van der Waals surface area contributed by atoms with Crippen molar-refractivity contribution in [2.75, 3.05) is 6.26 Å². The Kier molecular flexibility index (Phi) is 4.65. The van der Waals surface area contributed by atoms with Crippen molar-refractivity contribution in [1.29, 1.82) is 0 Å². The summed E-state index contributed by atoms with van der Waals surface area (Å²) in [7, 11) is -3.22. The third kappa shape index (κ3) is 5.28. The smallest absolute Gasteiger partial charge is 0.208 e. The lowest BCUT2D eigenvalue weighted by Gasteiger charge is -2.21. The Morgan fingerprint density at radius 3 is 2.18 bits per heavy atom. The van der Waals surface area contributed by atoms with E-state index in [4.69, 9.17) is 0 Å². The van der Waals surface area contributed by atoms with Crippen molar-refractivity contribution in [3.63, 3.8) is 0 Å². The molecule has 1 aromatic carbocycles. The lowest BCUT2D eigenvalue weighted by atomic mass is 9.97. The maximum absolute atomic E-state index is 12.7. The van der Waals surface area contributed by atoms with Gasteiger partial charge < -0.3 is 0 Å². The highest BCUT2D eigenvalue weighted by molar-refractivity contribution is 7.88. The topological polar surface area (TPSA) is 46.2 Å². The fraction of sp³-hybridized carbons (Fsp3) is 0.500. The van der Waals surface area contributed by atoms with Crippen LogP contribution in [0.4, 0.5) is 4.39 Å². The van der Waals surface area contributed by atoms with E-state index in [0.717, 1.165) is 11.8 Å². The molecule has 0 saturated heterocycles. The first-order valence-electron chi connectivity index (χ1n) is 5.49. The Hall–Kier alpha value is -0.940. The van der Waals surface area contributed by atoms with Gasteiger partial charge in [0.15, 0.2) is 0 Å². The fourth-order valence-corrected chi connectivity index (χ4v) is 2.47. The monoisotopic (exact) mass is 259 g/mol. The van der Waals surface area contributed by atoms with E-state index in [1.165, 1.54) is 12.1 Å². The Labute approximate surface area is 102 Å². The Morgan fingerprint density at radius 1 is 1.24 bits per heavy atom. The van der Waals surface area contributed by atoms with Gasteiger partial charge in [-0.1, -0.05) is 26.0 Å². The van der Waals surface area contributed by atoms with E-state index in [1.807, 2.05) is 13.8 Å². The number of benzene rings is 1. The molecule has 0 aliphatic heterocycles. The second-order valence-electron chi connectivity index (χ2n) is 4.57. The van der Waals surface area contributed by atoms with Gasteiger partial charge in [0.05, 0.1) is 6.26 Å². The van der Waals surface area contributed by atoms with Gasteiger partial charge in [0.1, 0.15) is 5.82 Å². The van der Waals surface area contributed by atoms with Crippen LogP contribution in [0.25, 0.3) is 0 Å². The van der Waals surface area contributed by atoms with Crippen LogP contribution < -0.4 is 4.72 Å². The third-order valence-corrected chi connectivity index (χ3v) is 3.27. The first kappa shape index (κ1) is 14.1. The SMILES string of the molecule is CC(C)[C@H](Cc1ccc(F)cc1)NS(C)(=O)=O. The maximum Gasteiger partial charge on any atom is 0.208 e. The van der Waals surface area contributed by atoms with Crippen molar-refractivity contribution in [2.45, 2.75) is 26.3 Å². The molecule has 0 fully saturated rings. The number of rotatable bonds is 5. The van der Waals surface area contributed by atoms with Crippen LogP contribution in [0.5, 0.6) is 0 Å². The molecule has 0 saturated carbocycles. The summed E-state index contributed by atoms with van der Waals surface area (Å²) in [5, 5.41) is 0. The van der Waals surface area contributed by atoms with E-state index in [-0.39, 0.29) is 17.8 Å². The van der Waals surface area contributed by atoms with Gasteiger partial charge >= 0.3 is 0 Å². The Morgan fingerprint density at radius 2 is 1.76 bits per heavy atom. The fourth-order valence-electron chi connectivity index (χ4n) is 1.56. The molecule has 0 spiro atoms. The van der Waals surface area contributed by atoms with Crippen LogP contribution in [0, 0.1) is 11.7 Å². The van der Waals surface area contributed by atoms with Gasteiger partial charge in [-0.25, -0.2) is 17.5 Å².